The van der Waals surface area contributed by atoms with Crippen LogP contribution in [0.15, 0.2) is 60.6 Å². The fraction of sp³-hybridized carbons (Fsp3) is 0.444. The fourth-order valence-electron chi connectivity index (χ4n) is 6.60. The number of aliphatic hydroxyl groups excluding tert-OH is 1. The molecule has 0 atom stereocenters. The molecule has 4 nitrogen and oxygen atoms in total. The minimum Gasteiger partial charge on any atom is -0.512 e. The summed E-state index contributed by atoms with van der Waals surface area (Å²) in [6.45, 7) is 27.4. The Labute approximate surface area is 326 Å². The first-order valence-corrected chi connectivity index (χ1v) is 18.9. The van der Waals surface area contributed by atoms with Gasteiger partial charge in [-0.05, 0) is 81.0 Å². The Kier molecular flexibility index (Phi) is 13.3. The number of carbonyl (C=O) groups excluding carboxylic acids is 1. The maximum Gasteiger partial charge on any atom is 0.164 e. The quantitative estimate of drug-likeness (QED) is 0.0910. The molecule has 0 aliphatic carbocycles. The molecule has 0 unspecified atom stereocenters. The van der Waals surface area contributed by atoms with Gasteiger partial charge in [0.1, 0.15) is 13.4 Å². The third kappa shape index (κ3) is 8.73. The van der Waals surface area contributed by atoms with Crippen LogP contribution in [-0.2, 0) is 30.3 Å². The topological polar surface area (TPSA) is 63.1 Å². The molecule has 2 aromatic heterocycles. The SMILES string of the molecule is CCC(C)(CC)C(=O)/C=C(\O)C(C)(CC)CC.[2H]c1nc(-c2[c-]c3ccccc3c(C(C)(C)C)c2)c2sc(-c3c(C)cc(C)cc3C)c(C)c2n1.[Ir]. The van der Waals surface area contributed by atoms with Gasteiger partial charge in [0, 0.05) is 52.3 Å². The van der Waals surface area contributed by atoms with Gasteiger partial charge in [-0.25, -0.2) is 4.98 Å². The second-order valence-corrected chi connectivity index (χ2v) is 16.5. The Morgan fingerprint density at radius 3 is 2.00 bits per heavy atom. The number of ketones is 1. The molecule has 0 spiro atoms. The molecular formula is C45H57IrN2O2S-. The van der Waals surface area contributed by atoms with Crippen molar-refractivity contribution >= 4 is 38.1 Å². The predicted octanol–water partition coefficient (Wildman–Crippen LogP) is 13.2. The molecule has 0 aliphatic heterocycles. The molecule has 0 aliphatic rings. The van der Waals surface area contributed by atoms with E-state index in [2.05, 4.69) is 107 Å². The zero-order valence-electron chi connectivity index (χ0n) is 33.9. The molecule has 275 valence electrons. The molecule has 3 aromatic carbocycles. The molecule has 6 heteroatoms. The van der Waals surface area contributed by atoms with Crippen LogP contribution in [0.4, 0.5) is 0 Å². The van der Waals surface area contributed by atoms with Gasteiger partial charge in [0.15, 0.2) is 5.78 Å². The number of aryl methyl sites for hydroxylation is 4. The summed E-state index contributed by atoms with van der Waals surface area (Å²) in [7, 11) is 0. The van der Waals surface area contributed by atoms with E-state index in [4.69, 9.17) is 1.37 Å². The summed E-state index contributed by atoms with van der Waals surface area (Å²) >= 11 is 1.73. The molecule has 2 heterocycles. The molecule has 5 aromatic rings. The zero-order chi connectivity index (χ0) is 38.1. The zero-order valence-corrected chi connectivity index (χ0v) is 36.2. The first kappa shape index (κ1) is 40.6. The maximum absolute atomic E-state index is 12.2. The standard InChI is InChI=1S/C30H29N2S.C15H28O2.Ir/c1-17-12-18(2)25(19(3)13-17)28-20(4)26-29(33-28)27(32-16-31-26)22-14-21-10-8-9-11-23(21)24(15-22)30(5,6)7;1-7-14(5,8-2)12(16)11-13(17)15(6,9-3)10-4;/h8-13,15-16H,1-7H3;11,16H,7-10H2,1-6H3;/q-1;;/b;12-11-;/i16D;;. The van der Waals surface area contributed by atoms with Crippen molar-refractivity contribution < 1.29 is 31.4 Å². The number of nitrogens with zero attached hydrogens (tertiary/aromatic N) is 2. The largest absolute Gasteiger partial charge is 0.512 e. The van der Waals surface area contributed by atoms with Crippen LogP contribution in [0.5, 0.6) is 0 Å². The van der Waals surface area contributed by atoms with Crippen LogP contribution in [0.2, 0.25) is 0 Å². The molecule has 1 radical (unpaired) electrons. The number of thiophene rings is 1. The van der Waals surface area contributed by atoms with E-state index in [1.807, 2.05) is 41.5 Å². The third-order valence-electron chi connectivity index (χ3n) is 11.0. The van der Waals surface area contributed by atoms with E-state index in [9.17, 15) is 9.90 Å². The van der Waals surface area contributed by atoms with Gasteiger partial charge in [0.2, 0.25) is 0 Å². The average molecular weight is 883 g/mol. The van der Waals surface area contributed by atoms with Crippen molar-refractivity contribution in [3.63, 3.8) is 0 Å². The number of hydrogen-bond donors (Lipinski definition) is 1. The molecule has 0 amide bonds. The fourth-order valence-corrected chi connectivity index (χ4v) is 8.02. The number of aromatic nitrogens is 2. The number of hydrogen-bond acceptors (Lipinski definition) is 5. The Bertz CT molecular complexity index is 2080. The van der Waals surface area contributed by atoms with Crippen molar-refractivity contribution in [2.45, 2.75) is 121 Å². The summed E-state index contributed by atoms with van der Waals surface area (Å²) in [6, 6.07) is 18.7. The van der Waals surface area contributed by atoms with Gasteiger partial charge in [-0.3, -0.25) is 9.78 Å². The van der Waals surface area contributed by atoms with Crippen molar-refractivity contribution in [3.05, 3.63) is 94.5 Å². The minimum atomic E-state index is -0.337. The van der Waals surface area contributed by atoms with Crippen LogP contribution in [-0.4, -0.2) is 20.9 Å². The molecule has 5 rings (SSSR count). The Hall–Kier alpha value is -3.18. The second-order valence-electron chi connectivity index (χ2n) is 15.5. The molecule has 51 heavy (non-hydrogen) atoms. The van der Waals surface area contributed by atoms with Crippen LogP contribution in [0.25, 0.3) is 42.7 Å². The summed E-state index contributed by atoms with van der Waals surface area (Å²) < 4.78 is 9.42. The van der Waals surface area contributed by atoms with Crippen molar-refractivity contribution in [1.82, 2.24) is 9.97 Å². The smallest absolute Gasteiger partial charge is 0.164 e. The molecule has 0 saturated carbocycles. The minimum absolute atomic E-state index is 0. The van der Waals surface area contributed by atoms with E-state index >= 15 is 0 Å². The third-order valence-corrected chi connectivity index (χ3v) is 12.3. The normalized spacial score (nSPS) is 12.7. The first-order chi connectivity index (χ1) is 23.8. The van der Waals surface area contributed by atoms with Crippen LogP contribution >= 0.6 is 11.3 Å². The summed E-state index contributed by atoms with van der Waals surface area (Å²) in [6.07, 6.45) is 4.80. The maximum atomic E-state index is 12.2. The number of allylic oxidation sites excluding steroid dienone is 2. The summed E-state index contributed by atoms with van der Waals surface area (Å²) in [5.74, 6) is 0.286. The summed E-state index contributed by atoms with van der Waals surface area (Å²) in [5.41, 5.74) is 9.39. The van der Waals surface area contributed by atoms with E-state index in [0.717, 1.165) is 58.1 Å². The predicted molar refractivity (Wildman–Crippen MR) is 215 cm³/mol. The molecule has 1 N–H and O–H groups in total. The summed E-state index contributed by atoms with van der Waals surface area (Å²) in [5, 5.41) is 12.4. The Balaban J connectivity index is 0.000000347. The number of fused-ring (bicyclic) bond motifs is 2. The molecule has 0 fully saturated rings. The number of rotatable bonds is 9. The van der Waals surface area contributed by atoms with Crippen molar-refractivity contribution in [1.29, 1.82) is 0 Å². The van der Waals surface area contributed by atoms with E-state index < -0.39 is 0 Å². The number of aliphatic hydroxyl groups is 1. The van der Waals surface area contributed by atoms with Gasteiger partial charge in [-0.2, -0.15) is 0 Å². The van der Waals surface area contributed by atoms with Crippen molar-refractivity contribution in [3.8, 4) is 21.7 Å². The van der Waals surface area contributed by atoms with E-state index in [1.54, 1.807) is 11.3 Å². The average Bonchev–Trinajstić information content (AvgIpc) is 3.40. The second kappa shape index (κ2) is 16.7. The van der Waals surface area contributed by atoms with E-state index in [1.165, 1.54) is 44.2 Å². The van der Waals surface area contributed by atoms with Crippen LogP contribution < -0.4 is 0 Å². The van der Waals surface area contributed by atoms with Crippen LogP contribution in [0, 0.1) is 44.6 Å². The monoisotopic (exact) mass is 883 g/mol. The van der Waals surface area contributed by atoms with Crippen LogP contribution in [0.3, 0.4) is 0 Å². The van der Waals surface area contributed by atoms with Gasteiger partial charge >= 0.3 is 0 Å². The molecule has 0 saturated heterocycles. The van der Waals surface area contributed by atoms with E-state index in [-0.39, 0.29) is 54.2 Å². The van der Waals surface area contributed by atoms with Crippen molar-refractivity contribution in [2.24, 2.45) is 10.8 Å². The number of carbonyl (C=O) groups is 1. The van der Waals surface area contributed by atoms with E-state index in [0.29, 0.717) is 0 Å². The number of benzene rings is 3. The van der Waals surface area contributed by atoms with Gasteiger partial charge < -0.3 is 5.11 Å². The summed E-state index contributed by atoms with van der Waals surface area (Å²) in [4.78, 5) is 22.6. The first-order valence-electron chi connectivity index (χ1n) is 18.6. The van der Waals surface area contributed by atoms with Gasteiger partial charge in [-0.1, -0.05) is 109 Å². The Morgan fingerprint density at radius 1 is 0.882 bits per heavy atom. The van der Waals surface area contributed by atoms with Gasteiger partial charge in [0.25, 0.3) is 0 Å². The van der Waals surface area contributed by atoms with Crippen LogP contribution in [0.1, 0.15) is 117 Å². The molecular weight excluding hydrogens is 825 g/mol. The Morgan fingerprint density at radius 2 is 1.45 bits per heavy atom. The van der Waals surface area contributed by atoms with Gasteiger partial charge in [-0.15, -0.1) is 40.5 Å². The van der Waals surface area contributed by atoms with Gasteiger partial charge in [0.05, 0.1) is 5.52 Å². The van der Waals surface area contributed by atoms with Crippen molar-refractivity contribution in [2.75, 3.05) is 0 Å². The molecule has 0 bridgehead atoms.